The van der Waals surface area contributed by atoms with E-state index in [1.54, 1.807) is 11.3 Å². The zero-order valence-electron chi connectivity index (χ0n) is 11.9. The Kier molecular flexibility index (Phi) is 4.63. The summed E-state index contributed by atoms with van der Waals surface area (Å²) in [6, 6.07) is 4.23. The van der Waals surface area contributed by atoms with Gasteiger partial charge < -0.3 is 10.1 Å². The second kappa shape index (κ2) is 6.06. The molecule has 1 aliphatic heterocycles. The summed E-state index contributed by atoms with van der Waals surface area (Å²) in [5, 5.41) is 5.31. The number of carbonyl (C=O) groups is 1. The number of nitrogens with one attached hydrogen (secondary N) is 1. The van der Waals surface area contributed by atoms with Gasteiger partial charge in [0.25, 0.3) is 0 Å². The number of carbonyl (C=O) groups excluding carboxylic acids is 1. The van der Waals surface area contributed by atoms with Gasteiger partial charge in [-0.15, -0.1) is 11.3 Å². The van der Waals surface area contributed by atoms with Crippen LogP contribution in [-0.2, 0) is 9.53 Å². The van der Waals surface area contributed by atoms with Gasteiger partial charge >= 0.3 is 0 Å². The number of hydrogen-bond donors (Lipinski definition) is 1. The van der Waals surface area contributed by atoms with Gasteiger partial charge in [-0.25, -0.2) is 0 Å². The first kappa shape index (κ1) is 14.5. The molecular weight excluding hydrogens is 258 g/mol. The van der Waals surface area contributed by atoms with E-state index in [2.05, 4.69) is 37.5 Å². The van der Waals surface area contributed by atoms with Gasteiger partial charge in [-0.3, -0.25) is 4.79 Å². The van der Waals surface area contributed by atoms with E-state index < -0.39 is 0 Å². The van der Waals surface area contributed by atoms with E-state index in [0.29, 0.717) is 13.2 Å². The van der Waals surface area contributed by atoms with Crippen molar-refractivity contribution in [3.05, 3.63) is 22.4 Å². The fourth-order valence-electron chi connectivity index (χ4n) is 2.39. The summed E-state index contributed by atoms with van der Waals surface area (Å²) in [4.78, 5) is 13.6. The molecule has 0 bridgehead atoms. The van der Waals surface area contributed by atoms with Crippen molar-refractivity contribution in [3.8, 4) is 0 Å². The van der Waals surface area contributed by atoms with Crippen LogP contribution in [0, 0.1) is 11.3 Å². The lowest BCUT2D eigenvalue weighted by molar-refractivity contribution is -0.129. The van der Waals surface area contributed by atoms with Gasteiger partial charge in [-0.05, 0) is 29.7 Å². The molecule has 1 atom stereocenters. The molecule has 2 heterocycles. The molecule has 1 N–H and O–H groups in total. The minimum absolute atomic E-state index is 0.0195. The quantitative estimate of drug-likeness (QED) is 0.922. The van der Waals surface area contributed by atoms with E-state index in [9.17, 15) is 4.79 Å². The molecule has 1 aromatic heterocycles. The number of amides is 1. The fraction of sp³-hybridized carbons (Fsp3) is 0.667. The highest BCUT2D eigenvalue weighted by Gasteiger charge is 2.31. The Morgan fingerprint density at radius 3 is 2.63 bits per heavy atom. The highest BCUT2D eigenvalue weighted by Crippen LogP contribution is 2.35. The highest BCUT2D eigenvalue weighted by molar-refractivity contribution is 7.10. The van der Waals surface area contributed by atoms with Gasteiger partial charge in [-0.2, -0.15) is 0 Å². The Morgan fingerprint density at radius 2 is 2.11 bits per heavy atom. The lowest BCUT2D eigenvalue weighted by Crippen LogP contribution is -2.41. The molecule has 0 radical (unpaired) electrons. The average Bonchev–Trinajstić information content (AvgIpc) is 2.88. The summed E-state index contributed by atoms with van der Waals surface area (Å²) in [6.07, 6.45) is 1.68. The second-order valence-corrected chi connectivity index (χ2v) is 7.19. The lowest BCUT2D eigenvalue weighted by atomic mass is 9.85. The van der Waals surface area contributed by atoms with Gasteiger partial charge in [0.2, 0.25) is 5.91 Å². The Balaban J connectivity index is 2.06. The molecule has 0 unspecified atom stereocenters. The van der Waals surface area contributed by atoms with Crippen LogP contribution in [0.4, 0.5) is 0 Å². The molecule has 0 aliphatic carbocycles. The van der Waals surface area contributed by atoms with Crippen LogP contribution >= 0.6 is 11.3 Å². The first-order chi connectivity index (χ1) is 8.98. The molecule has 19 heavy (non-hydrogen) atoms. The fourth-order valence-corrected chi connectivity index (χ4v) is 3.41. The number of hydrogen-bond acceptors (Lipinski definition) is 3. The minimum atomic E-state index is 0.0195. The van der Waals surface area contributed by atoms with Gasteiger partial charge in [-0.1, -0.05) is 26.8 Å². The van der Waals surface area contributed by atoms with Crippen molar-refractivity contribution < 1.29 is 9.53 Å². The maximum atomic E-state index is 12.4. The average molecular weight is 281 g/mol. The van der Waals surface area contributed by atoms with Crippen LogP contribution in [-0.4, -0.2) is 19.1 Å². The van der Waals surface area contributed by atoms with E-state index in [0.717, 1.165) is 12.8 Å². The summed E-state index contributed by atoms with van der Waals surface area (Å²) in [7, 11) is 0. The predicted octanol–water partition coefficient (Wildman–Crippen LogP) is 3.38. The molecule has 1 amide bonds. The summed E-state index contributed by atoms with van der Waals surface area (Å²) in [5.74, 6) is 0.287. The normalized spacial score (nSPS) is 19.1. The largest absolute Gasteiger partial charge is 0.381 e. The maximum Gasteiger partial charge on any atom is 0.223 e. The first-order valence-corrected chi connectivity index (χ1v) is 7.78. The highest BCUT2D eigenvalue weighted by atomic mass is 32.1. The smallest absolute Gasteiger partial charge is 0.223 e. The van der Waals surface area contributed by atoms with Crippen molar-refractivity contribution in [3.63, 3.8) is 0 Å². The Bertz CT molecular complexity index is 402. The molecule has 4 heteroatoms. The van der Waals surface area contributed by atoms with Gasteiger partial charge in [0.15, 0.2) is 0 Å². The van der Waals surface area contributed by atoms with Crippen molar-refractivity contribution in [2.24, 2.45) is 11.3 Å². The molecule has 3 nitrogen and oxygen atoms in total. The first-order valence-electron chi connectivity index (χ1n) is 6.90. The van der Waals surface area contributed by atoms with Crippen LogP contribution in [0.3, 0.4) is 0 Å². The third kappa shape index (κ3) is 3.80. The SMILES string of the molecule is CC(C)(C)[C@@H](NC(=O)C1CCOCC1)c1cccs1. The van der Waals surface area contributed by atoms with Crippen molar-refractivity contribution in [1.29, 1.82) is 0 Å². The minimum Gasteiger partial charge on any atom is -0.381 e. The summed E-state index contributed by atoms with van der Waals surface area (Å²) in [6.45, 7) is 7.92. The van der Waals surface area contributed by atoms with Crippen LogP contribution in [0.2, 0.25) is 0 Å². The standard InChI is InChI=1S/C15H23NO2S/c1-15(2,3)13(12-5-4-10-19-12)16-14(17)11-6-8-18-9-7-11/h4-5,10-11,13H,6-9H2,1-3H3,(H,16,17)/t13-/m0/s1. The Morgan fingerprint density at radius 1 is 1.42 bits per heavy atom. The number of ether oxygens (including phenoxy) is 1. The molecule has 0 saturated carbocycles. The second-order valence-electron chi connectivity index (χ2n) is 6.21. The summed E-state index contributed by atoms with van der Waals surface area (Å²) >= 11 is 1.71. The van der Waals surface area contributed by atoms with Gasteiger partial charge in [0.05, 0.1) is 6.04 Å². The van der Waals surface area contributed by atoms with E-state index >= 15 is 0 Å². The summed E-state index contributed by atoms with van der Waals surface area (Å²) < 4.78 is 5.32. The molecular formula is C15H23NO2S. The van der Waals surface area contributed by atoms with Crippen molar-refractivity contribution in [2.75, 3.05) is 13.2 Å². The van der Waals surface area contributed by atoms with Gasteiger partial charge in [0.1, 0.15) is 0 Å². The zero-order chi connectivity index (χ0) is 13.9. The molecule has 106 valence electrons. The Hall–Kier alpha value is -0.870. The van der Waals surface area contributed by atoms with E-state index in [-0.39, 0.29) is 23.3 Å². The van der Waals surface area contributed by atoms with E-state index in [1.165, 1.54) is 4.88 Å². The third-order valence-electron chi connectivity index (χ3n) is 3.57. The maximum absolute atomic E-state index is 12.4. The third-order valence-corrected chi connectivity index (χ3v) is 4.51. The van der Waals surface area contributed by atoms with Crippen LogP contribution in [0.15, 0.2) is 17.5 Å². The monoisotopic (exact) mass is 281 g/mol. The topological polar surface area (TPSA) is 38.3 Å². The molecule has 2 rings (SSSR count). The lowest BCUT2D eigenvalue weighted by Gasteiger charge is -2.32. The predicted molar refractivity (Wildman–Crippen MR) is 78.2 cm³/mol. The molecule has 0 spiro atoms. The van der Waals surface area contributed by atoms with Crippen LogP contribution in [0.1, 0.15) is 44.5 Å². The van der Waals surface area contributed by atoms with Crippen LogP contribution in [0.25, 0.3) is 0 Å². The van der Waals surface area contributed by atoms with Crippen molar-refractivity contribution >= 4 is 17.2 Å². The number of thiophene rings is 1. The van der Waals surface area contributed by atoms with E-state index in [4.69, 9.17) is 4.74 Å². The Labute approximate surface area is 119 Å². The molecule has 1 aromatic rings. The van der Waals surface area contributed by atoms with Crippen molar-refractivity contribution in [2.45, 2.75) is 39.7 Å². The number of rotatable bonds is 3. The van der Waals surface area contributed by atoms with Crippen LogP contribution in [0.5, 0.6) is 0 Å². The van der Waals surface area contributed by atoms with Crippen LogP contribution < -0.4 is 5.32 Å². The molecule has 0 aromatic carbocycles. The van der Waals surface area contributed by atoms with E-state index in [1.807, 2.05) is 6.07 Å². The van der Waals surface area contributed by atoms with Gasteiger partial charge in [0, 0.05) is 24.0 Å². The molecule has 1 fully saturated rings. The molecule has 1 aliphatic rings. The summed E-state index contributed by atoms with van der Waals surface area (Å²) in [5.41, 5.74) is 0.0195. The molecule has 1 saturated heterocycles. The van der Waals surface area contributed by atoms with Crippen molar-refractivity contribution in [1.82, 2.24) is 5.32 Å². The zero-order valence-corrected chi connectivity index (χ0v) is 12.8.